The van der Waals surface area contributed by atoms with Gasteiger partial charge in [0.2, 0.25) is 0 Å². The zero-order chi connectivity index (χ0) is 11.8. The minimum atomic E-state index is -3.93. The van der Waals surface area contributed by atoms with Gasteiger partial charge in [-0.25, -0.2) is 0 Å². The Hall–Kier alpha value is -0.0700. The fraction of sp³-hybridized carbons (Fsp3) is 0.900. The molecule has 6 heteroatoms. The summed E-state index contributed by atoms with van der Waals surface area (Å²) < 4.78 is 29.5. The zero-order valence-corrected chi connectivity index (χ0v) is 10.6. The van der Waals surface area contributed by atoms with Gasteiger partial charge < -0.3 is 0 Å². The number of rotatable bonds is 4. The number of thioether (sulfide) groups is 1. The highest BCUT2D eigenvalue weighted by molar-refractivity contribution is 8.14. The van der Waals surface area contributed by atoms with Gasteiger partial charge in [0.15, 0.2) is 5.12 Å². The maximum absolute atomic E-state index is 11.8. The highest BCUT2D eigenvalue weighted by Gasteiger charge is 2.42. The van der Waals surface area contributed by atoms with Crippen molar-refractivity contribution >= 4 is 27.0 Å². The smallest absolute Gasteiger partial charge is 0.265 e. The third-order valence-corrected chi connectivity index (χ3v) is 5.60. The van der Waals surface area contributed by atoms with E-state index in [4.69, 9.17) is 4.55 Å². The van der Waals surface area contributed by atoms with Crippen LogP contribution in [0.3, 0.4) is 0 Å². The molecule has 0 heterocycles. The van der Waals surface area contributed by atoms with E-state index in [1.54, 1.807) is 0 Å². The molecule has 0 aromatic rings. The first kappa shape index (κ1) is 12.4. The average Bonchev–Trinajstić information content (AvgIpc) is 2.76. The second-order valence-electron chi connectivity index (χ2n) is 4.73. The largest absolute Gasteiger partial charge is 0.287 e. The summed E-state index contributed by atoms with van der Waals surface area (Å²) in [6.45, 7) is 0. The molecule has 0 saturated heterocycles. The first-order valence-electron chi connectivity index (χ1n) is 5.57. The van der Waals surface area contributed by atoms with Gasteiger partial charge in [0.05, 0.1) is 5.75 Å². The lowest BCUT2D eigenvalue weighted by atomic mass is 9.90. The van der Waals surface area contributed by atoms with Crippen LogP contribution in [0.4, 0.5) is 0 Å². The van der Waals surface area contributed by atoms with Gasteiger partial charge >= 0.3 is 0 Å². The van der Waals surface area contributed by atoms with Gasteiger partial charge in [0.1, 0.15) is 0 Å². The topological polar surface area (TPSA) is 71.4 Å². The van der Waals surface area contributed by atoms with Crippen LogP contribution in [0.2, 0.25) is 0 Å². The highest BCUT2D eigenvalue weighted by atomic mass is 32.2. The van der Waals surface area contributed by atoms with Crippen LogP contribution in [-0.2, 0) is 14.9 Å². The lowest BCUT2D eigenvalue weighted by molar-refractivity contribution is -0.115. The van der Waals surface area contributed by atoms with Crippen LogP contribution < -0.4 is 0 Å². The normalized spacial score (nSPS) is 33.2. The van der Waals surface area contributed by atoms with Gasteiger partial charge in [-0.1, -0.05) is 18.2 Å². The molecule has 2 bridgehead atoms. The highest BCUT2D eigenvalue weighted by Crippen LogP contribution is 2.49. The summed E-state index contributed by atoms with van der Waals surface area (Å²) in [5, 5.41) is 0.121. The number of carbonyl (C=O) groups is 1. The maximum Gasteiger partial charge on any atom is 0.265 e. The lowest BCUT2D eigenvalue weighted by Gasteiger charge is -2.19. The maximum atomic E-state index is 11.8. The Morgan fingerprint density at radius 2 is 2.06 bits per heavy atom. The summed E-state index contributed by atoms with van der Waals surface area (Å²) in [6.07, 6.45) is 4.57. The predicted molar refractivity (Wildman–Crippen MR) is 62.8 cm³/mol. The van der Waals surface area contributed by atoms with Crippen LogP contribution >= 0.6 is 11.8 Å². The van der Waals surface area contributed by atoms with Crippen molar-refractivity contribution in [3.63, 3.8) is 0 Å². The van der Waals surface area contributed by atoms with Crippen LogP contribution in [0.1, 0.15) is 25.7 Å². The van der Waals surface area contributed by atoms with E-state index in [0.717, 1.165) is 30.5 Å². The molecule has 3 atom stereocenters. The fourth-order valence-electron chi connectivity index (χ4n) is 2.89. The molecule has 2 aliphatic carbocycles. The summed E-state index contributed by atoms with van der Waals surface area (Å²) in [6, 6.07) is 0. The SMILES string of the molecule is O=C(SCCS(=O)(=O)O)C1CC2CCC1C2. The molecule has 2 saturated carbocycles. The Balaban J connectivity index is 1.77. The minimum absolute atomic E-state index is 0.121. The molecule has 2 aliphatic rings. The monoisotopic (exact) mass is 264 g/mol. The van der Waals surface area contributed by atoms with Gasteiger partial charge in [0.25, 0.3) is 10.1 Å². The first-order chi connectivity index (χ1) is 7.46. The first-order valence-corrected chi connectivity index (χ1v) is 8.17. The molecule has 92 valence electrons. The molecule has 2 fully saturated rings. The van der Waals surface area contributed by atoms with E-state index in [1.807, 2.05) is 0 Å². The summed E-state index contributed by atoms with van der Waals surface area (Å²) in [5.74, 6) is 1.25. The number of hydrogen-bond donors (Lipinski definition) is 1. The molecule has 1 N–H and O–H groups in total. The quantitative estimate of drug-likeness (QED) is 0.780. The molecule has 0 aromatic carbocycles. The van der Waals surface area contributed by atoms with E-state index in [2.05, 4.69) is 0 Å². The van der Waals surface area contributed by atoms with E-state index in [9.17, 15) is 13.2 Å². The van der Waals surface area contributed by atoms with E-state index in [0.29, 0.717) is 5.92 Å². The van der Waals surface area contributed by atoms with Gasteiger partial charge in [-0.15, -0.1) is 0 Å². The summed E-state index contributed by atoms with van der Waals surface area (Å²) in [5.41, 5.74) is 0. The Labute approximate surface area is 99.9 Å². The van der Waals surface area contributed by atoms with Gasteiger partial charge in [-0.2, -0.15) is 8.42 Å². The standard InChI is InChI=1S/C10H16O4S2/c11-10(15-3-4-16(12,13)14)9-6-7-1-2-8(9)5-7/h7-9H,1-6H2,(H,12,13,14). The van der Waals surface area contributed by atoms with Gasteiger partial charge in [-0.05, 0) is 31.1 Å². The Morgan fingerprint density at radius 1 is 1.31 bits per heavy atom. The molecule has 4 nitrogen and oxygen atoms in total. The third-order valence-electron chi connectivity index (χ3n) is 3.63. The third kappa shape index (κ3) is 2.99. The Kier molecular flexibility index (Phi) is 3.61. The molecule has 0 aliphatic heterocycles. The average molecular weight is 264 g/mol. The fourth-order valence-corrected chi connectivity index (χ4v) is 4.77. The van der Waals surface area contributed by atoms with Crippen molar-refractivity contribution in [2.24, 2.45) is 17.8 Å². The molecule has 0 amide bonds. The second-order valence-corrected chi connectivity index (χ2v) is 7.41. The molecule has 2 rings (SSSR count). The Bertz CT molecular complexity index is 376. The van der Waals surface area contributed by atoms with Crippen LogP contribution in [0.15, 0.2) is 0 Å². The van der Waals surface area contributed by atoms with Crippen molar-refractivity contribution in [3.8, 4) is 0 Å². The van der Waals surface area contributed by atoms with Crippen LogP contribution in [0.5, 0.6) is 0 Å². The number of fused-ring (bicyclic) bond motifs is 2. The van der Waals surface area contributed by atoms with E-state index in [1.165, 1.54) is 12.8 Å². The van der Waals surface area contributed by atoms with Crippen LogP contribution in [0.25, 0.3) is 0 Å². The molecule has 0 radical (unpaired) electrons. The van der Waals surface area contributed by atoms with E-state index in [-0.39, 0.29) is 22.5 Å². The summed E-state index contributed by atoms with van der Waals surface area (Å²) in [7, 11) is -3.93. The van der Waals surface area contributed by atoms with E-state index >= 15 is 0 Å². The second kappa shape index (κ2) is 4.66. The molecule has 16 heavy (non-hydrogen) atoms. The summed E-state index contributed by atoms with van der Waals surface area (Å²) >= 11 is 1.06. The molecule has 0 aromatic heterocycles. The van der Waals surface area contributed by atoms with Crippen molar-refractivity contribution in [1.82, 2.24) is 0 Å². The van der Waals surface area contributed by atoms with Crippen molar-refractivity contribution in [2.75, 3.05) is 11.5 Å². The van der Waals surface area contributed by atoms with Gasteiger partial charge in [0, 0.05) is 11.7 Å². The summed E-state index contributed by atoms with van der Waals surface area (Å²) in [4.78, 5) is 11.8. The molecule has 3 unspecified atom stereocenters. The lowest BCUT2D eigenvalue weighted by Crippen LogP contribution is -2.19. The van der Waals surface area contributed by atoms with Crippen LogP contribution in [0, 0.1) is 17.8 Å². The van der Waals surface area contributed by atoms with Crippen molar-refractivity contribution in [3.05, 3.63) is 0 Å². The minimum Gasteiger partial charge on any atom is -0.287 e. The van der Waals surface area contributed by atoms with E-state index < -0.39 is 10.1 Å². The number of hydrogen-bond acceptors (Lipinski definition) is 4. The molecule has 0 spiro atoms. The van der Waals surface area contributed by atoms with Crippen molar-refractivity contribution in [2.45, 2.75) is 25.7 Å². The predicted octanol–water partition coefficient (Wildman–Crippen LogP) is 1.57. The Morgan fingerprint density at radius 3 is 2.56 bits per heavy atom. The molecular formula is C10H16O4S2. The molecular weight excluding hydrogens is 248 g/mol. The van der Waals surface area contributed by atoms with Crippen molar-refractivity contribution in [1.29, 1.82) is 0 Å². The van der Waals surface area contributed by atoms with Crippen LogP contribution in [-0.4, -0.2) is 29.6 Å². The van der Waals surface area contributed by atoms with Crippen molar-refractivity contribution < 1.29 is 17.8 Å². The zero-order valence-electron chi connectivity index (χ0n) is 8.96. The van der Waals surface area contributed by atoms with Gasteiger partial charge in [-0.3, -0.25) is 9.35 Å². The number of carbonyl (C=O) groups excluding carboxylic acids is 1.